The van der Waals surface area contributed by atoms with Crippen LogP contribution in [0.4, 0.5) is 0 Å². The monoisotopic (exact) mass is 347 g/mol. The number of aryl methyl sites for hydroxylation is 1. The van der Waals surface area contributed by atoms with Crippen molar-refractivity contribution in [1.82, 2.24) is 19.4 Å². The van der Waals surface area contributed by atoms with Gasteiger partial charge in [0, 0.05) is 13.1 Å². The van der Waals surface area contributed by atoms with Crippen LogP contribution in [0.5, 0.6) is 0 Å². The lowest BCUT2D eigenvalue weighted by Gasteiger charge is -2.06. The molecule has 2 aromatic heterocycles. The Kier molecular flexibility index (Phi) is 3.81. The van der Waals surface area contributed by atoms with Crippen molar-refractivity contribution in [3.05, 3.63) is 63.7 Å². The molecule has 1 aliphatic carbocycles. The molecule has 2 heterocycles. The van der Waals surface area contributed by atoms with Crippen LogP contribution in [0.2, 0.25) is 0 Å². The molecule has 0 bridgehead atoms. The second kappa shape index (κ2) is 6.15. The van der Waals surface area contributed by atoms with Gasteiger partial charge in [-0.25, -0.2) is 9.78 Å². The molecule has 0 unspecified atom stereocenters. The lowest BCUT2D eigenvalue weighted by Crippen LogP contribution is -2.26. The van der Waals surface area contributed by atoms with Crippen molar-refractivity contribution in [2.45, 2.75) is 25.4 Å². The van der Waals surface area contributed by atoms with Gasteiger partial charge in [-0.2, -0.15) is 5.26 Å². The summed E-state index contributed by atoms with van der Waals surface area (Å²) >= 11 is 0. The van der Waals surface area contributed by atoms with E-state index in [1.54, 1.807) is 35.9 Å². The van der Waals surface area contributed by atoms with Crippen LogP contribution in [0.3, 0.4) is 0 Å². The van der Waals surface area contributed by atoms with Crippen molar-refractivity contribution in [2.75, 3.05) is 0 Å². The van der Waals surface area contributed by atoms with Crippen LogP contribution >= 0.6 is 0 Å². The number of hydrogen-bond donors (Lipinski definition) is 1. The number of nitrogens with one attached hydrogen (secondary N) is 1. The Balaban J connectivity index is 1.76. The predicted octanol–water partition coefficient (Wildman–Crippen LogP) is 1.55. The number of rotatable bonds is 4. The highest BCUT2D eigenvalue weighted by molar-refractivity contribution is 5.94. The summed E-state index contributed by atoms with van der Waals surface area (Å²) in [6, 6.07) is 12.9. The average molecular weight is 347 g/mol. The van der Waals surface area contributed by atoms with Gasteiger partial charge in [0.05, 0.1) is 23.7 Å². The van der Waals surface area contributed by atoms with Crippen molar-refractivity contribution < 1.29 is 4.79 Å². The first-order valence-corrected chi connectivity index (χ1v) is 8.43. The van der Waals surface area contributed by atoms with Gasteiger partial charge in [0.15, 0.2) is 5.65 Å². The van der Waals surface area contributed by atoms with Crippen molar-refractivity contribution in [2.24, 2.45) is 7.05 Å². The van der Waals surface area contributed by atoms with Gasteiger partial charge in [-0.15, -0.1) is 0 Å². The van der Waals surface area contributed by atoms with E-state index in [0.29, 0.717) is 22.4 Å². The molecule has 0 radical (unpaired) electrons. The molecule has 0 atom stereocenters. The van der Waals surface area contributed by atoms with Crippen LogP contribution < -0.4 is 11.0 Å². The maximum absolute atomic E-state index is 12.7. The number of pyridine rings is 1. The summed E-state index contributed by atoms with van der Waals surface area (Å²) in [4.78, 5) is 29.3. The zero-order valence-corrected chi connectivity index (χ0v) is 14.3. The topological polar surface area (TPSA) is 92.7 Å². The summed E-state index contributed by atoms with van der Waals surface area (Å²) in [5.41, 5.74) is 2.45. The minimum atomic E-state index is -0.236. The van der Waals surface area contributed by atoms with Gasteiger partial charge < -0.3 is 5.32 Å². The number of fused-ring (bicyclic) bond motifs is 1. The number of nitrogens with zero attached hydrogens (tertiary/aromatic N) is 4. The zero-order valence-electron chi connectivity index (χ0n) is 14.3. The Bertz CT molecular complexity index is 1120. The summed E-state index contributed by atoms with van der Waals surface area (Å²) in [6.45, 7) is 0.273. The highest BCUT2D eigenvalue weighted by atomic mass is 16.2. The van der Waals surface area contributed by atoms with Crippen LogP contribution in [0, 0.1) is 11.3 Å². The largest absolute Gasteiger partial charge is 0.348 e. The maximum atomic E-state index is 12.7. The van der Waals surface area contributed by atoms with Crippen LogP contribution in [-0.2, 0) is 13.6 Å². The molecule has 1 amide bonds. The Morgan fingerprint density at radius 1 is 1.31 bits per heavy atom. The van der Waals surface area contributed by atoms with Crippen LogP contribution in [-0.4, -0.2) is 26.1 Å². The normalized spacial score (nSPS) is 13.5. The van der Waals surface area contributed by atoms with E-state index in [1.165, 1.54) is 4.57 Å². The minimum absolute atomic E-state index is 0.218. The number of carbonyl (C=O) groups excluding carboxylic acids is 1. The molecule has 0 aliphatic heterocycles. The number of amides is 1. The number of nitriles is 1. The molecule has 130 valence electrons. The Labute approximate surface area is 149 Å². The molecule has 1 aromatic carbocycles. The standard InChI is InChI=1S/C19H17N5O2/c1-23-17-16(9-8-15(22-17)18(25)21-14-6-7-14)24(19(23)26)11-13-5-3-2-4-12(13)10-20/h2-5,8-9,14H,6-7,11H2,1H3,(H,21,25). The van der Waals surface area contributed by atoms with Crippen LogP contribution in [0.1, 0.15) is 34.5 Å². The zero-order chi connectivity index (χ0) is 18.3. The average Bonchev–Trinajstić information content (AvgIpc) is 3.45. The summed E-state index contributed by atoms with van der Waals surface area (Å²) in [6.07, 6.45) is 2.00. The third-order valence-corrected chi connectivity index (χ3v) is 4.59. The summed E-state index contributed by atoms with van der Waals surface area (Å²) < 4.78 is 3.00. The summed E-state index contributed by atoms with van der Waals surface area (Å²) in [5, 5.41) is 12.2. The van der Waals surface area contributed by atoms with E-state index in [0.717, 1.165) is 18.4 Å². The molecule has 0 spiro atoms. The molecule has 7 nitrogen and oxygen atoms in total. The second-order valence-electron chi connectivity index (χ2n) is 6.48. The highest BCUT2D eigenvalue weighted by Gasteiger charge is 2.25. The fraction of sp³-hybridized carbons (Fsp3) is 0.263. The molecule has 3 aromatic rings. The molecular formula is C19H17N5O2. The molecule has 0 saturated heterocycles. The number of hydrogen-bond acceptors (Lipinski definition) is 4. The van der Waals surface area contributed by atoms with Gasteiger partial charge in [0.1, 0.15) is 5.69 Å². The first-order valence-electron chi connectivity index (χ1n) is 8.43. The van der Waals surface area contributed by atoms with Crippen molar-refractivity contribution >= 4 is 17.1 Å². The van der Waals surface area contributed by atoms with E-state index in [4.69, 9.17) is 0 Å². The van der Waals surface area contributed by atoms with Gasteiger partial charge in [0.25, 0.3) is 5.91 Å². The van der Waals surface area contributed by atoms with Crippen LogP contribution in [0.15, 0.2) is 41.2 Å². The van der Waals surface area contributed by atoms with Crippen LogP contribution in [0.25, 0.3) is 11.2 Å². The lowest BCUT2D eigenvalue weighted by atomic mass is 10.1. The van der Waals surface area contributed by atoms with E-state index in [2.05, 4.69) is 16.4 Å². The second-order valence-corrected chi connectivity index (χ2v) is 6.48. The highest BCUT2D eigenvalue weighted by Crippen LogP contribution is 2.20. The molecule has 1 fully saturated rings. The minimum Gasteiger partial charge on any atom is -0.348 e. The Morgan fingerprint density at radius 2 is 2.08 bits per heavy atom. The van der Waals surface area contributed by atoms with Gasteiger partial charge in [-0.1, -0.05) is 18.2 Å². The first kappa shape index (κ1) is 16.1. The van der Waals surface area contributed by atoms with Gasteiger partial charge in [-0.05, 0) is 36.6 Å². The lowest BCUT2D eigenvalue weighted by molar-refractivity contribution is 0.0946. The van der Waals surface area contributed by atoms with Gasteiger partial charge >= 0.3 is 5.69 Å². The smallest absolute Gasteiger partial charge is 0.330 e. The molecular weight excluding hydrogens is 330 g/mol. The Hall–Kier alpha value is -3.40. The van der Waals surface area contributed by atoms with E-state index < -0.39 is 0 Å². The molecule has 4 rings (SSSR count). The number of benzene rings is 1. The van der Waals surface area contributed by atoms with Gasteiger partial charge in [-0.3, -0.25) is 13.9 Å². The molecule has 26 heavy (non-hydrogen) atoms. The maximum Gasteiger partial charge on any atom is 0.330 e. The molecule has 1 saturated carbocycles. The number of imidazole rings is 1. The third kappa shape index (κ3) is 2.75. The summed E-state index contributed by atoms with van der Waals surface area (Å²) in [7, 11) is 1.63. The molecule has 1 N–H and O–H groups in total. The third-order valence-electron chi connectivity index (χ3n) is 4.59. The number of aromatic nitrogens is 3. The SMILES string of the molecule is Cn1c(=O)n(Cc2ccccc2C#N)c2ccc(C(=O)NC3CC3)nc21. The van der Waals surface area contributed by atoms with Gasteiger partial charge in [0.2, 0.25) is 0 Å². The number of carbonyl (C=O) groups is 1. The first-order chi connectivity index (χ1) is 12.6. The quantitative estimate of drug-likeness (QED) is 0.775. The van der Waals surface area contributed by atoms with Crippen molar-refractivity contribution in [1.29, 1.82) is 5.26 Å². The Morgan fingerprint density at radius 3 is 2.81 bits per heavy atom. The molecule has 1 aliphatic rings. The fourth-order valence-electron chi connectivity index (χ4n) is 2.98. The summed E-state index contributed by atoms with van der Waals surface area (Å²) in [5.74, 6) is -0.218. The van der Waals surface area contributed by atoms with E-state index in [9.17, 15) is 14.9 Å². The molecule has 7 heteroatoms. The van der Waals surface area contributed by atoms with Crippen molar-refractivity contribution in [3.63, 3.8) is 0 Å². The van der Waals surface area contributed by atoms with Crippen molar-refractivity contribution in [3.8, 4) is 6.07 Å². The fourth-order valence-corrected chi connectivity index (χ4v) is 2.98. The van der Waals surface area contributed by atoms with E-state index in [-0.39, 0.29) is 24.2 Å². The van der Waals surface area contributed by atoms with E-state index >= 15 is 0 Å². The predicted molar refractivity (Wildman–Crippen MR) is 95.7 cm³/mol. The van der Waals surface area contributed by atoms with E-state index in [1.807, 2.05) is 12.1 Å².